The first-order chi connectivity index (χ1) is 21.7. The van der Waals surface area contributed by atoms with Gasteiger partial charge in [0.25, 0.3) is 0 Å². The van der Waals surface area contributed by atoms with Gasteiger partial charge in [-0.15, -0.1) is 0 Å². The second kappa shape index (κ2) is 10.8. The SMILES string of the molecule is C=CC(=O)N1CCN2c3nc(=O)n(-c4c(C)ccnc4C(C)C)c4cc(-c5c(C)ccc6[nH]ncc56)c(F)c(c34)OCCC2C1. The van der Waals surface area contributed by atoms with Gasteiger partial charge in [0.05, 0.1) is 46.6 Å². The molecule has 5 aromatic rings. The van der Waals surface area contributed by atoms with E-state index in [4.69, 9.17) is 4.74 Å². The molecule has 1 N–H and O–H groups in total. The van der Waals surface area contributed by atoms with E-state index < -0.39 is 11.5 Å². The Bertz CT molecular complexity index is 2080. The first kappa shape index (κ1) is 28.7. The number of aromatic nitrogens is 5. The van der Waals surface area contributed by atoms with Crippen molar-refractivity contribution in [2.45, 2.75) is 46.1 Å². The number of halogens is 1. The highest BCUT2D eigenvalue weighted by atomic mass is 19.1. The Labute approximate surface area is 259 Å². The Kier molecular flexibility index (Phi) is 6.91. The van der Waals surface area contributed by atoms with Crippen LogP contribution in [0.1, 0.15) is 43.0 Å². The Balaban J connectivity index is 1.59. The first-order valence-corrected chi connectivity index (χ1v) is 15.2. The average Bonchev–Trinajstić information content (AvgIpc) is 3.49. The molecule has 2 aromatic carbocycles. The number of ether oxygens (including phenoxy) is 1. The topological polar surface area (TPSA) is 109 Å². The number of rotatable bonds is 4. The summed E-state index contributed by atoms with van der Waals surface area (Å²) in [5.41, 5.74) is 4.77. The predicted octanol–water partition coefficient (Wildman–Crippen LogP) is 5.19. The number of pyridine rings is 1. The molecule has 5 heterocycles. The number of benzene rings is 2. The number of hydrogen-bond donors (Lipinski definition) is 1. The Morgan fingerprint density at radius 1 is 1.20 bits per heavy atom. The van der Waals surface area contributed by atoms with Crippen LogP contribution in [-0.4, -0.2) is 67.8 Å². The van der Waals surface area contributed by atoms with Crippen molar-refractivity contribution < 1.29 is 13.9 Å². The molecule has 0 saturated carbocycles. The van der Waals surface area contributed by atoms with Gasteiger partial charge in [-0.1, -0.05) is 26.5 Å². The summed E-state index contributed by atoms with van der Waals surface area (Å²) in [6, 6.07) is 7.26. The van der Waals surface area contributed by atoms with E-state index in [2.05, 4.69) is 26.7 Å². The number of carbonyl (C=O) groups excluding carboxylic acids is 1. The van der Waals surface area contributed by atoms with E-state index in [-0.39, 0.29) is 30.2 Å². The van der Waals surface area contributed by atoms with Gasteiger partial charge in [0.2, 0.25) is 5.91 Å². The molecule has 0 aliphatic carbocycles. The van der Waals surface area contributed by atoms with Crippen LogP contribution in [0.25, 0.3) is 38.6 Å². The third kappa shape index (κ3) is 4.48. The van der Waals surface area contributed by atoms with Crippen LogP contribution in [0.15, 0.2) is 54.1 Å². The molecular formula is C34H34FN7O3. The number of anilines is 1. The van der Waals surface area contributed by atoms with E-state index in [1.165, 1.54) is 6.08 Å². The third-order valence-corrected chi connectivity index (χ3v) is 9.02. The van der Waals surface area contributed by atoms with E-state index >= 15 is 4.39 Å². The zero-order valence-electron chi connectivity index (χ0n) is 25.7. The summed E-state index contributed by atoms with van der Waals surface area (Å²) >= 11 is 0. The van der Waals surface area contributed by atoms with Gasteiger partial charge in [0.15, 0.2) is 11.6 Å². The monoisotopic (exact) mass is 607 g/mol. The lowest BCUT2D eigenvalue weighted by Gasteiger charge is -2.43. The summed E-state index contributed by atoms with van der Waals surface area (Å²) < 4.78 is 24.9. The Morgan fingerprint density at radius 2 is 2.02 bits per heavy atom. The number of nitrogens with zero attached hydrogens (tertiary/aromatic N) is 6. The molecule has 0 bridgehead atoms. The summed E-state index contributed by atoms with van der Waals surface area (Å²) in [4.78, 5) is 39.9. The molecule has 2 aliphatic rings. The quantitative estimate of drug-likeness (QED) is 0.280. The van der Waals surface area contributed by atoms with Gasteiger partial charge < -0.3 is 14.5 Å². The van der Waals surface area contributed by atoms with Crippen LogP contribution in [0.4, 0.5) is 10.2 Å². The minimum atomic E-state index is -0.529. The number of aromatic amines is 1. The molecule has 1 fully saturated rings. The van der Waals surface area contributed by atoms with Crippen LogP contribution in [-0.2, 0) is 4.79 Å². The number of amides is 1. The number of hydrogen-bond acceptors (Lipinski definition) is 7. The minimum Gasteiger partial charge on any atom is -0.490 e. The maximum absolute atomic E-state index is 17.0. The molecule has 3 aromatic heterocycles. The lowest BCUT2D eigenvalue weighted by Crippen LogP contribution is -2.56. The maximum Gasteiger partial charge on any atom is 0.354 e. The van der Waals surface area contributed by atoms with Crippen molar-refractivity contribution in [3.63, 3.8) is 0 Å². The van der Waals surface area contributed by atoms with Gasteiger partial charge >= 0.3 is 5.69 Å². The smallest absolute Gasteiger partial charge is 0.354 e. The summed E-state index contributed by atoms with van der Waals surface area (Å²) in [6.45, 7) is 13.0. The lowest BCUT2D eigenvalue weighted by molar-refractivity contribution is -0.126. The zero-order valence-corrected chi connectivity index (χ0v) is 25.7. The molecule has 1 unspecified atom stereocenters. The van der Waals surface area contributed by atoms with Crippen LogP contribution < -0.4 is 15.3 Å². The van der Waals surface area contributed by atoms with E-state index in [0.29, 0.717) is 59.6 Å². The van der Waals surface area contributed by atoms with Crippen molar-refractivity contribution in [2.24, 2.45) is 0 Å². The number of H-pyrrole nitrogens is 1. The molecule has 45 heavy (non-hydrogen) atoms. The van der Waals surface area contributed by atoms with Crippen LogP contribution in [0.5, 0.6) is 5.75 Å². The largest absolute Gasteiger partial charge is 0.490 e. The van der Waals surface area contributed by atoms with Crippen molar-refractivity contribution in [1.29, 1.82) is 0 Å². The fourth-order valence-corrected chi connectivity index (χ4v) is 6.83. The Hall–Kier alpha value is -5.06. The molecule has 7 rings (SSSR count). The second-order valence-electron chi connectivity index (χ2n) is 12.1. The molecule has 1 amide bonds. The number of piperazine rings is 1. The Morgan fingerprint density at radius 3 is 2.80 bits per heavy atom. The summed E-state index contributed by atoms with van der Waals surface area (Å²) in [7, 11) is 0. The maximum atomic E-state index is 17.0. The summed E-state index contributed by atoms with van der Waals surface area (Å²) in [6.07, 6.45) is 5.24. The minimum absolute atomic E-state index is 0.00201. The van der Waals surface area contributed by atoms with E-state index in [0.717, 1.165) is 27.7 Å². The number of aryl methyl sites for hydroxylation is 2. The van der Waals surface area contributed by atoms with E-state index in [1.807, 2.05) is 50.8 Å². The third-order valence-electron chi connectivity index (χ3n) is 9.02. The van der Waals surface area contributed by atoms with Gasteiger partial charge in [-0.05, 0) is 60.7 Å². The van der Waals surface area contributed by atoms with Gasteiger partial charge in [0.1, 0.15) is 5.82 Å². The standard InChI is InChI=1S/C34H34FN7O3/c1-6-26(43)40-12-13-41-21(17-40)10-14-45-32-28-25(15-22(29(32)35)27-19(4)7-8-24-23(27)16-37-39-24)42(34(44)38-33(28)41)31-20(5)9-11-36-30(31)18(2)3/h6-9,11,15-16,18,21H,1,10,12-14,17H2,2-5H3,(H,37,39). The summed E-state index contributed by atoms with van der Waals surface area (Å²) in [5.74, 6) is -0.280. The second-order valence-corrected chi connectivity index (χ2v) is 12.1. The van der Waals surface area contributed by atoms with Gasteiger partial charge in [-0.2, -0.15) is 10.1 Å². The molecule has 10 nitrogen and oxygen atoms in total. The molecule has 11 heteroatoms. The van der Waals surface area contributed by atoms with Crippen molar-refractivity contribution in [1.82, 2.24) is 29.6 Å². The lowest BCUT2D eigenvalue weighted by atomic mass is 9.94. The van der Waals surface area contributed by atoms with Crippen LogP contribution >= 0.6 is 0 Å². The highest BCUT2D eigenvalue weighted by Gasteiger charge is 2.36. The number of nitrogens with one attached hydrogen (secondary N) is 1. The average molecular weight is 608 g/mol. The van der Waals surface area contributed by atoms with Crippen molar-refractivity contribution in [3.8, 4) is 22.6 Å². The first-order valence-electron chi connectivity index (χ1n) is 15.2. The highest BCUT2D eigenvalue weighted by Crippen LogP contribution is 2.45. The van der Waals surface area contributed by atoms with Crippen LogP contribution in [0, 0.1) is 19.7 Å². The zero-order chi connectivity index (χ0) is 31.6. The molecule has 2 aliphatic heterocycles. The van der Waals surface area contributed by atoms with E-state index in [1.54, 1.807) is 27.9 Å². The summed E-state index contributed by atoms with van der Waals surface area (Å²) in [5, 5.41) is 8.38. The molecule has 0 radical (unpaired) electrons. The van der Waals surface area contributed by atoms with Crippen LogP contribution in [0.2, 0.25) is 0 Å². The van der Waals surface area contributed by atoms with Crippen molar-refractivity contribution in [2.75, 3.05) is 31.1 Å². The molecule has 0 spiro atoms. The van der Waals surface area contributed by atoms with Gasteiger partial charge in [-0.3, -0.25) is 19.4 Å². The fourth-order valence-electron chi connectivity index (χ4n) is 6.83. The normalized spacial score (nSPS) is 16.4. The van der Waals surface area contributed by atoms with Crippen molar-refractivity contribution >= 4 is 33.5 Å². The predicted molar refractivity (Wildman–Crippen MR) is 172 cm³/mol. The van der Waals surface area contributed by atoms with Gasteiger partial charge in [0, 0.05) is 43.2 Å². The number of fused-ring (bicyclic) bond motifs is 3. The van der Waals surface area contributed by atoms with Crippen LogP contribution in [0.3, 0.4) is 0 Å². The number of carbonyl (C=O) groups is 1. The molecular weight excluding hydrogens is 573 g/mol. The molecule has 230 valence electrons. The molecule has 1 saturated heterocycles. The fraction of sp³-hybridized carbons (Fsp3) is 0.324. The molecule has 1 atom stereocenters. The van der Waals surface area contributed by atoms with Gasteiger partial charge in [-0.25, -0.2) is 9.18 Å². The van der Waals surface area contributed by atoms with E-state index in [9.17, 15) is 9.59 Å². The van der Waals surface area contributed by atoms with Crippen molar-refractivity contribution in [3.05, 3.63) is 82.4 Å². The highest BCUT2D eigenvalue weighted by molar-refractivity contribution is 6.03.